The molecule has 108 valence electrons. The van der Waals surface area contributed by atoms with Gasteiger partial charge in [0, 0.05) is 5.92 Å². The molecule has 0 heterocycles. The van der Waals surface area contributed by atoms with Crippen LogP contribution in [0.2, 0.25) is 0 Å². The minimum absolute atomic E-state index is 0.116. The first-order valence-electron chi connectivity index (χ1n) is 7.62. The van der Waals surface area contributed by atoms with Crippen LogP contribution in [0.5, 0.6) is 0 Å². The molecule has 2 bridgehead atoms. The van der Waals surface area contributed by atoms with Crippen LogP contribution in [0.1, 0.15) is 29.0 Å². The highest BCUT2D eigenvalue weighted by atomic mass is 14.4. The average molecular weight is 286 g/mol. The predicted molar refractivity (Wildman–Crippen MR) is 86.8 cm³/mol. The monoisotopic (exact) mass is 286 g/mol. The summed E-state index contributed by atoms with van der Waals surface area (Å²) in [4.78, 5) is 0. The van der Waals surface area contributed by atoms with Gasteiger partial charge >= 0.3 is 0 Å². The first-order valence-corrected chi connectivity index (χ1v) is 7.62. The minimum Gasteiger partial charge on any atom is -0.192 e. The molecule has 0 aliphatic heterocycles. The molecule has 0 amide bonds. The standard InChI is InChI=1S/C20H18N2/c1-13-3-6-17(14(2)9-13)20-10-15-4-7-18(16(11-21)12-22)19(20)8-5-15/h3-9,15,19-20H,10H2,1-2H3. The zero-order valence-electron chi connectivity index (χ0n) is 12.9. The van der Waals surface area contributed by atoms with Crippen molar-refractivity contribution in [1.82, 2.24) is 0 Å². The number of rotatable bonds is 1. The van der Waals surface area contributed by atoms with Crippen molar-refractivity contribution in [3.63, 3.8) is 0 Å². The van der Waals surface area contributed by atoms with Crippen LogP contribution in [-0.4, -0.2) is 0 Å². The number of nitriles is 2. The van der Waals surface area contributed by atoms with Gasteiger partial charge in [0.15, 0.2) is 0 Å². The van der Waals surface area contributed by atoms with E-state index in [4.69, 9.17) is 0 Å². The van der Waals surface area contributed by atoms with Crippen LogP contribution in [0.3, 0.4) is 0 Å². The number of hydrogen-bond acceptors (Lipinski definition) is 2. The molecule has 1 aromatic carbocycles. The molecule has 2 heteroatoms. The maximum atomic E-state index is 9.26. The van der Waals surface area contributed by atoms with Gasteiger partial charge in [-0.25, -0.2) is 0 Å². The lowest BCUT2D eigenvalue weighted by atomic mass is 9.73. The van der Waals surface area contributed by atoms with Crippen LogP contribution in [0.4, 0.5) is 0 Å². The fraction of sp³-hybridized carbons (Fsp3) is 0.300. The summed E-state index contributed by atoms with van der Waals surface area (Å²) < 4.78 is 0. The first kappa shape index (κ1) is 14.4. The summed E-state index contributed by atoms with van der Waals surface area (Å²) in [6, 6.07) is 10.7. The van der Waals surface area contributed by atoms with E-state index in [1.165, 1.54) is 16.7 Å². The van der Waals surface area contributed by atoms with Gasteiger partial charge in [-0.05, 0) is 48.8 Å². The van der Waals surface area contributed by atoms with E-state index in [1.807, 2.05) is 6.08 Å². The zero-order chi connectivity index (χ0) is 15.7. The lowest BCUT2D eigenvalue weighted by Crippen LogP contribution is -2.19. The Morgan fingerprint density at radius 1 is 1.09 bits per heavy atom. The Kier molecular flexibility index (Phi) is 3.70. The van der Waals surface area contributed by atoms with Gasteiger partial charge in [0.1, 0.15) is 17.7 Å². The normalized spacial score (nSPS) is 25.5. The second kappa shape index (κ2) is 5.66. The van der Waals surface area contributed by atoms with Crippen LogP contribution < -0.4 is 0 Å². The molecule has 3 unspecified atom stereocenters. The molecule has 22 heavy (non-hydrogen) atoms. The van der Waals surface area contributed by atoms with E-state index in [0.717, 1.165) is 12.0 Å². The largest absolute Gasteiger partial charge is 0.192 e. The van der Waals surface area contributed by atoms with Crippen molar-refractivity contribution in [2.24, 2.45) is 11.8 Å². The summed E-state index contributed by atoms with van der Waals surface area (Å²) in [5.74, 6) is 0.834. The van der Waals surface area contributed by atoms with Gasteiger partial charge in [-0.2, -0.15) is 10.5 Å². The Labute approximate surface area is 131 Å². The lowest BCUT2D eigenvalue weighted by molar-refractivity contribution is 0.479. The van der Waals surface area contributed by atoms with Gasteiger partial charge in [-0.3, -0.25) is 0 Å². The van der Waals surface area contributed by atoms with Crippen molar-refractivity contribution in [1.29, 1.82) is 10.5 Å². The second-order valence-electron chi connectivity index (χ2n) is 6.19. The molecule has 0 aromatic heterocycles. The lowest BCUT2D eigenvalue weighted by Gasteiger charge is -2.31. The van der Waals surface area contributed by atoms with E-state index in [9.17, 15) is 10.5 Å². The van der Waals surface area contributed by atoms with Crippen molar-refractivity contribution in [2.75, 3.05) is 0 Å². The fourth-order valence-electron chi connectivity index (χ4n) is 3.68. The summed E-state index contributed by atoms with van der Waals surface area (Å²) in [5.41, 5.74) is 5.00. The Bertz CT molecular complexity index is 765. The molecule has 4 rings (SSSR count). The van der Waals surface area contributed by atoms with E-state index in [2.05, 4.69) is 62.4 Å². The number of fused-ring (bicyclic) bond motifs is 2. The molecule has 1 aromatic rings. The minimum atomic E-state index is 0.116. The highest BCUT2D eigenvalue weighted by Crippen LogP contribution is 2.45. The Morgan fingerprint density at radius 3 is 2.55 bits per heavy atom. The van der Waals surface area contributed by atoms with Crippen molar-refractivity contribution in [3.05, 3.63) is 70.3 Å². The predicted octanol–water partition coefficient (Wildman–Crippen LogP) is 4.49. The SMILES string of the molecule is Cc1ccc(C2CC3C=CC(=C(C#N)C#N)C2C=C3)c(C)c1. The van der Waals surface area contributed by atoms with Crippen LogP contribution in [-0.2, 0) is 0 Å². The molecular formula is C20H18N2. The first-order chi connectivity index (χ1) is 10.6. The maximum Gasteiger partial charge on any atom is 0.133 e. The summed E-state index contributed by atoms with van der Waals surface area (Å²) in [7, 11) is 0. The van der Waals surface area contributed by atoms with Crippen molar-refractivity contribution < 1.29 is 0 Å². The van der Waals surface area contributed by atoms with E-state index in [-0.39, 0.29) is 11.5 Å². The Balaban J connectivity index is 2.12. The summed E-state index contributed by atoms with van der Waals surface area (Å²) in [5, 5.41) is 18.5. The van der Waals surface area contributed by atoms with E-state index in [1.54, 1.807) is 0 Å². The molecular weight excluding hydrogens is 268 g/mol. The maximum absolute atomic E-state index is 9.26. The highest BCUT2D eigenvalue weighted by Gasteiger charge is 2.33. The van der Waals surface area contributed by atoms with Crippen molar-refractivity contribution >= 4 is 0 Å². The molecule has 0 saturated carbocycles. The van der Waals surface area contributed by atoms with Crippen molar-refractivity contribution in [3.8, 4) is 12.1 Å². The molecule has 2 nitrogen and oxygen atoms in total. The number of nitrogens with zero attached hydrogens (tertiary/aromatic N) is 2. The second-order valence-corrected chi connectivity index (χ2v) is 6.19. The molecule has 3 atom stereocenters. The smallest absolute Gasteiger partial charge is 0.133 e. The third-order valence-electron chi connectivity index (χ3n) is 4.74. The Hall–Kier alpha value is -2.58. The Morgan fingerprint density at radius 2 is 1.86 bits per heavy atom. The number of benzene rings is 1. The van der Waals surface area contributed by atoms with E-state index in [0.29, 0.717) is 11.8 Å². The quantitative estimate of drug-likeness (QED) is 0.564. The number of allylic oxidation sites excluding steroid dienone is 6. The van der Waals surface area contributed by atoms with Gasteiger partial charge < -0.3 is 0 Å². The van der Waals surface area contributed by atoms with Gasteiger partial charge in [-0.1, -0.05) is 48.1 Å². The zero-order valence-corrected chi connectivity index (χ0v) is 12.9. The summed E-state index contributed by atoms with van der Waals surface area (Å²) in [6.07, 6.45) is 9.54. The van der Waals surface area contributed by atoms with Crippen LogP contribution in [0.25, 0.3) is 0 Å². The van der Waals surface area contributed by atoms with Crippen LogP contribution in [0, 0.1) is 48.3 Å². The van der Waals surface area contributed by atoms with Crippen LogP contribution in [0.15, 0.2) is 53.6 Å². The van der Waals surface area contributed by atoms with Gasteiger partial charge in [0.05, 0.1) is 0 Å². The molecule has 0 radical (unpaired) electrons. The third kappa shape index (κ3) is 2.38. The molecule has 3 aliphatic rings. The summed E-state index contributed by atoms with van der Waals surface area (Å²) in [6.45, 7) is 4.25. The van der Waals surface area contributed by atoms with Crippen LogP contribution >= 0.6 is 0 Å². The van der Waals surface area contributed by atoms with Gasteiger partial charge in [-0.15, -0.1) is 0 Å². The topological polar surface area (TPSA) is 47.6 Å². The molecule has 0 N–H and O–H groups in total. The third-order valence-corrected chi connectivity index (χ3v) is 4.74. The van der Waals surface area contributed by atoms with Gasteiger partial charge in [0.25, 0.3) is 0 Å². The van der Waals surface area contributed by atoms with E-state index >= 15 is 0 Å². The highest BCUT2D eigenvalue weighted by molar-refractivity contribution is 5.51. The van der Waals surface area contributed by atoms with Gasteiger partial charge in [0.2, 0.25) is 0 Å². The molecule has 0 fully saturated rings. The number of aryl methyl sites for hydroxylation is 2. The van der Waals surface area contributed by atoms with Crippen molar-refractivity contribution in [2.45, 2.75) is 26.2 Å². The summed E-state index contributed by atoms with van der Waals surface area (Å²) >= 11 is 0. The average Bonchev–Trinajstić information content (AvgIpc) is 2.81. The molecule has 0 spiro atoms. The molecule has 3 aliphatic carbocycles. The fourth-order valence-corrected chi connectivity index (χ4v) is 3.68. The molecule has 0 saturated heterocycles. The van der Waals surface area contributed by atoms with E-state index < -0.39 is 0 Å². The number of hydrogen-bond donors (Lipinski definition) is 0.